The second-order valence-corrected chi connectivity index (χ2v) is 5.23. The molecular formula is C16H18FN3O2. The third kappa shape index (κ3) is 4.29. The average molecular weight is 303 g/mol. The monoisotopic (exact) mass is 303 g/mol. The second-order valence-electron chi connectivity index (χ2n) is 5.23. The number of halogens is 1. The van der Waals surface area contributed by atoms with Crippen LogP contribution in [0, 0.1) is 17.1 Å². The van der Waals surface area contributed by atoms with Crippen molar-refractivity contribution in [3.8, 4) is 6.07 Å². The maximum atomic E-state index is 13.1. The highest BCUT2D eigenvalue weighted by Gasteiger charge is 2.23. The lowest BCUT2D eigenvalue weighted by Gasteiger charge is -2.34. The van der Waals surface area contributed by atoms with Gasteiger partial charge in [0.05, 0.1) is 6.07 Å². The van der Waals surface area contributed by atoms with Gasteiger partial charge in [-0.25, -0.2) is 4.39 Å². The summed E-state index contributed by atoms with van der Waals surface area (Å²) in [5, 5.41) is 8.52. The number of carbonyl (C=O) groups is 2. The third-order valence-electron chi connectivity index (χ3n) is 3.73. The van der Waals surface area contributed by atoms with Crippen LogP contribution in [0.25, 0.3) is 0 Å². The molecule has 5 nitrogen and oxygen atoms in total. The minimum Gasteiger partial charge on any atom is -0.339 e. The molecule has 1 aliphatic rings. The Hall–Kier alpha value is -2.42. The molecule has 0 unspecified atom stereocenters. The number of nitriles is 1. The predicted molar refractivity (Wildman–Crippen MR) is 78.1 cm³/mol. The van der Waals surface area contributed by atoms with E-state index in [-0.39, 0.29) is 24.1 Å². The molecule has 0 N–H and O–H groups in total. The van der Waals surface area contributed by atoms with E-state index in [0.717, 1.165) is 5.56 Å². The molecule has 0 spiro atoms. The fourth-order valence-electron chi connectivity index (χ4n) is 2.49. The van der Waals surface area contributed by atoms with Crippen molar-refractivity contribution in [2.75, 3.05) is 26.2 Å². The molecule has 1 aromatic rings. The molecule has 0 saturated carbocycles. The first-order chi connectivity index (χ1) is 10.6. The van der Waals surface area contributed by atoms with Crippen molar-refractivity contribution in [3.05, 3.63) is 35.6 Å². The fraction of sp³-hybridized carbons (Fsp3) is 0.438. The molecule has 1 aromatic carbocycles. The lowest BCUT2D eigenvalue weighted by Crippen LogP contribution is -2.50. The van der Waals surface area contributed by atoms with Gasteiger partial charge in [-0.2, -0.15) is 5.26 Å². The molecule has 0 radical (unpaired) electrons. The van der Waals surface area contributed by atoms with Gasteiger partial charge in [-0.3, -0.25) is 9.59 Å². The van der Waals surface area contributed by atoms with Crippen LogP contribution in [0.2, 0.25) is 0 Å². The number of hydrogen-bond acceptors (Lipinski definition) is 3. The van der Waals surface area contributed by atoms with Crippen LogP contribution in [0.15, 0.2) is 24.3 Å². The van der Waals surface area contributed by atoms with Crippen LogP contribution >= 0.6 is 0 Å². The summed E-state index contributed by atoms with van der Waals surface area (Å²) in [6.07, 6.45) is 0.716. The average Bonchev–Trinajstić information content (AvgIpc) is 2.53. The molecule has 6 heteroatoms. The number of amides is 2. The Morgan fingerprint density at radius 2 is 1.77 bits per heavy atom. The second kappa shape index (κ2) is 7.55. The van der Waals surface area contributed by atoms with Gasteiger partial charge in [-0.05, 0) is 24.1 Å². The Morgan fingerprint density at radius 1 is 1.14 bits per heavy atom. The Labute approximate surface area is 128 Å². The summed E-state index contributed by atoms with van der Waals surface area (Å²) < 4.78 is 13.1. The summed E-state index contributed by atoms with van der Waals surface area (Å²) in [4.78, 5) is 27.0. The summed E-state index contributed by atoms with van der Waals surface area (Å²) in [7, 11) is 0. The highest BCUT2D eigenvalue weighted by Crippen LogP contribution is 2.10. The molecule has 0 aliphatic carbocycles. The van der Waals surface area contributed by atoms with E-state index in [1.165, 1.54) is 12.1 Å². The molecule has 22 heavy (non-hydrogen) atoms. The zero-order chi connectivity index (χ0) is 15.9. The molecule has 0 aromatic heterocycles. The van der Waals surface area contributed by atoms with E-state index in [0.29, 0.717) is 39.0 Å². The van der Waals surface area contributed by atoms with Crippen molar-refractivity contribution in [2.24, 2.45) is 0 Å². The Balaban J connectivity index is 1.78. The molecule has 1 saturated heterocycles. The first kappa shape index (κ1) is 16.0. The number of benzene rings is 1. The molecule has 1 heterocycles. The van der Waals surface area contributed by atoms with Crippen molar-refractivity contribution in [1.29, 1.82) is 5.26 Å². The smallest absolute Gasteiger partial charge is 0.236 e. The Morgan fingerprint density at radius 3 is 2.36 bits per heavy atom. The Kier molecular flexibility index (Phi) is 5.48. The summed E-state index contributed by atoms with van der Waals surface area (Å²) in [6, 6.07) is 8.09. The van der Waals surface area contributed by atoms with Gasteiger partial charge in [-0.15, -0.1) is 0 Å². The van der Waals surface area contributed by atoms with Gasteiger partial charge >= 0.3 is 0 Å². The van der Waals surface area contributed by atoms with Crippen LogP contribution in [-0.4, -0.2) is 47.8 Å². The maximum absolute atomic E-state index is 13.1. The van der Waals surface area contributed by atoms with Crippen LogP contribution in [0.1, 0.15) is 18.4 Å². The van der Waals surface area contributed by atoms with Crippen LogP contribution in [-0.2, 0) is 16.0 Å². The van der Waals surface area contributed by atoms with E-state index in [2.05, 4.69) is 0 Å². The van der Waals surface area contributed by atoms with Crippen molar-refractivity contribution in [3.63, 3.8) is 0 Å². The predicted octanol–water partition coefficient (Wildman–Crippen LogP) is 1.34. The number of carbonyl (C=O) groups excluding carboxylic acids is 2. The van der Waals surface area contributed by atoms with E-state index in [9.17, 15) is 14.0 Å². The number of rotatable bonds is 4. The van der Waals surface area contributed by atoms with Crippen LogP contribution in [0.5, 0.6) is 0 Å². The molecule has 2 amide bonds. The Bertz CT molecular complexity index is 589. The maximum Gasteiger partial charge on any atom is 0.236 e. The molecule has 116 valence electrons. The number of piperazine rings is 1. The summed E-state index contributed by atoms with van der Waals surface area (Å²) >= 11 is 0. The number of hydrogen-bond donors (Lipinski definition) is 0. The first-order valence-corrected chi connectivity index (χ1v) is 7.27. The fourth-order valence-corrected chi connectivity index (χ4v) is 2.49. The standard InChI is InChI=1S/C16H18FN3O2/c17-14-3-1-2-13(12-14)4-5-15(21)19-8-10-20(11-9-19)16(22)6-7-18/h1-3,12H,4-6,8-11H2. The largest absolute Gasteiger partial charge is 0.339 e. The van der Waals surface area contributed by atoms with E-state index in [4.69, 9.17) is 5.26 Å². The van der Waals surface area contributed by atoms with Gasteiger partial charge in [0.25, 0.3) is 0 Å². The highest BCUT2D eigenvalue weighted by atomic mass is 19.1. The summed E-state index contributed by atoms with van der Waals surface area (Å²) in [6.45, 7) is 1.90. The molecular weight excluding hydrogens is 285 g/mol. The van der Waals surface area contributed by atoms with E-state index in [1.807, 2.05) is 6.07 Å². The summed E-state index contributed by atoms with van der Waals surface area (Å²) in [5.41, 5.74) is 0.802. The zero-order valence-electron chi connectivity index (χ0n) is 12.3. The number of aryl methyl sites for hydroxylation is 1. The normalized spacial score (nSPS) is 14.5. The van der Waals surface area contributed by atoms with Gasteiger partial charge in [0, 0.05) is 32.6 Å². The molecule has 0 bridgehead atoms. The van der Waals surface area contributed by atoms with E-state index in [1.54, 1.807) is 21.9 Å². The highest BCUT2D eigenvalue weighted by molar-refractivity contribution is 5.79. The van der Waals surface area contributed by atoms with Crippen LogP contribution in [0.3, 0.4) is 0 Å². The van der Waals surface area contributed by atoms with Crippen LogP contribution < -0.4 is 0 Å². The summed E-state index contributed by atoms with van der Waals surface area (Å²) in [5.74, 6) is -0.472. The lowest BCUT2D eigenvalue weighted by molar-refractivity contribution is -0.139. The first-order valence-electron chi connectivity index (χ1n) is 7.27. The quantitative estimate of drug-likeness (QED) is 0.843. The van der Waals surface area contributed by atoms with Gasteiger partial charge in [-0.1, -0.05) is 12.1 Å². The molecule has 1 fully saturated rings. The minimum absolute atomic E-state index is 0.0108. The van der Waals surface area contributed by atoms with E-state index >= 15 is 0 Å². The van der Waals surface area contributed by atoms with Gasteiger partial charge in [0.2, 0.25) is 11.8 Å². The van der Waals surface area contributed by atoms with Crippen molar-refractivity contribution in [1.82, 2.24) is 9.80 Å². The number of nitrogens with zero attached hydrogens (tertiary/aromatic N) is 3. The van der Waals surface area contributed by atoms with Crippen molar-refractivity contribution < 1.29 is 14.0 Å². The topological polar surface area (TPSA) is 64.4 Å². The zero-order valence-corrected chi connectivity index (χ0v) is 12.3. The van der Waals surface area contributed by atoms with Crippen molar-refractivity contribution in [2.45, 2.75) is 19.3 Å². The van der Waals surface area contributed by atoms with Gasteiger partial charge in [0.1, 0.15) is 12.2 Å². The van der Waals surface area contributed by atoms with E-state index < -0.39 is 0 Å². The molecule has 1 aliphatic heterocycles. The SMILES string of the molecule is N#CCC(=O)N1CCN(C(=O)CCc2cccc(F)c2)CC1. The third-order valence-corrected chi connectivity index (χ3v) is 3.73. The molecule has 2 rings (SSSR count). The van der Waals surface area contributed by atoms with Gasteiger partial charge < -0.3 is 9.80 Å². The van der Waals surface area contributed by atoms with Gasteiger partial charge in [0.15, 0.2) is 0 Å². The lowest BCUT2D eigenvalue weighted by atomic mass is 10.1. The minimum atomic E-state index is -0.297. The van der Waals surface area contributed by atoms with Crippen LogP contribution in [0.4, 0.5) is 4.39 Å². The van der Waals surface area contributed by atoms with Crippen molar-refractivity contribution >= 4 is 11.8 Å². The molecule has 0 atom stereocenters.